The number of nitrogens with zero attached hydrogens (tertiary/aromatic N) is 4. The molecule has 3 aromatic carbocycles. The molecule has 36 heavy (non-hydrogen) atoms. The van der Waals surface area contributed by atoms with E-state index in [-0.39, 0.29) is 23.9 Å². The third kappa shape index (κ3) is 4.85. The fourth-order valence-corrected chi connectivity index (χ4v) is 4.29. The van der Waals surface area contributed by atoms with Crippen molar-refractivity contribution in [3.8, 4) is 16.9 Å². The summed E-state index contributed by atoms with van der Waals surface area (Å²) in [7, 11) is 0. The second-order valence-electron chi connectivity index (χ2n) is 8.51. The maximum Gasteiger partial charge on any atom is 0.269 e. The van der Waals surface area contributed by atoms with Crippen LogP contribution in [0, 0.1) is 10.1 Å². The molecule has 180 valence electrons. The van der Waals surface area contributed by atoms with Gasteiger partial charge in [-0.2, -0.15) is 5.10 Å². The van der Waals surface area contributed by atoms with E-state index in [1.165, 1.54) is 12.1 Å². The van der Waals surface area contributed by atoms with Crippen LogP contribution in [0.2, 0.25) is 0 Å². The molecule has 0 radical (unpaired) electrons. The largest absolute Gasteiger partial charge is 0.326 e. The van der Waals surface area contributed by atoms with E-state index >= 15 is 0 Å². The summed E-state index contributed by atoms with van der Waals surface area (Å²) >= 11 is 0. The van der Waals surface area contributed by atoms with Crippen molar-refractivity contribution in [1.82, 2.24) is 9.78 Å². The Hall–Kier alpha value is -4.79. The zero-order valence-corrected chi connectivity index (χ0v) is 19.3. The lowest BCUT2D eigenvalue weighted by atomic mass is 10.1. The summed E-state index contributed by atoms with van der Waals surface area (Å²) in [5.74, 6) is -0.157. The van der Waals surface area contributed by atoms with E-state index < -0.39 is 4.92 Å². The highest BCUT2D eigenvalue weighted by molar-refractivity contribution is 5.97. The number of nitrogens with one attached hydrogen (secondary N) is 1. The minimum atomic E-state index is -0.454. The number of amides is 2. The van der Waals surface area contributed by atoms with Crippen LogP contribution in [-0.2, 0) is 16.0 Å². The summed E-state index contributed by atoms with van der Waals surface area (Å²) in [5.41, 5.74) is 4.10. The molecular weight excluding hydrogens is 458 g/mol. The number of anilines is 2. The van der Waals surface area contributed by atoms with E-state index in [1.54, 1.807) is 40.0 Å². The zero-order valence-electron chi connectivity index (χ0n) is 19.3. The average Bonchev–Trinajstić information content (AvgIpc) is 3.51. The molecule has 0 saturated carbocycles. The zero-order chi connectivity index (χ0) is 25.1. The van der Waals surface area contributed by atoms with Gasteiger partial charge in [0.2, 0.25) is 11.8 Å². The molecule has 1 fully saturated rings. The Morgan fingerprint density at radius 3 is 2.44 bits per heavy atom. The van der Waals surface area contributed by atoms with Crippen molar-refractivity contribution in [2.24, 2.45) is 0 Å². The monoisotopic (exact) mass is 481 g/mol. The molecule has 0 spiro atoms. The van der Waals surface area contributed by atoms with Crippen LogP contribution in [0.4, 0.5) is 17.1 Å². The van der Waals surface area contributed by atoms with Gasteiger partial charge in [-0.25, -0.2) is 4.68 Å². The van der Waals surface area contributed by atoms with Crippen molar-refractivity contribution in [2.45, 2.75) is 19.3 Å². The maximum atomic E-state index is 13.0. The summed E-state index contributed by atoms with van der Waals surface area (Å²) < 4.78 is 1.69. The molecule has 0 atom stereocenters. The molecule has 1 aliphatic heterocycles. The Kier molecular flexibility index (Phi) is 6.27. The second-order valence-corrected chi connectivity index (χ2v) is 8.51. The summed E-state index contributed by atoms with van der Waals surface area (Å²) in [6.07, 6.45) is 3.21. The Morgan fingerprint density at radius 2 is 1.75 bits per heavy atom. The molecule has 1 N–H and O–H groups in total. The summed E-state index contributed by atoms with van der Waals surface area (Å²) in [6.45, 7) is 0.674. The van der Waals surface area contributed by atoms with Crippen LogP contribution < -0.4 is 10.2 Å². The van der Waals surface area contributed by atoms with Gasteiger partial charge >= 0.3 is 0 Å². The number of para-hydroxylation sites is 1. The van der Waals surface area contributed by atoms with Gasteiger partial charge in [0.15, 0.2) is 0 Å². The molecule has 1 aliphatic rings. The van der Waals surface area contributed by atoms with Gasteiger partial charge in [-0.05, 0) is 48.9 Å². The smallest absolute Gasteiger partial charge is 0.269 e. The van der Waals surface area contributed by atoms with E-state index in [4.69, 9.17) is 0 Å². The molecule has 0 bridgehead atoms. The third-order valence-electron chi connectivity index (χ3n) is 6.03. The van der Waals surface area contributed by atoms with E-state index in [9.17, 15) is 19.7 Å². The second kappa shape index (κ2) is 9.83. The molecule has 1 saturated heterocycles. The molecule has 0 aliphatic carbocycles. The first-order chi connectivity index (χ1) is 17.5. The van der Waals surface area contributed by atoms with Crippen LogP contribution in [0.15, 0.2) is 85.1 Å². The van der Waals surface area contributed by atoms with Crippen LogP contribution in [0.5, 0.6) is 0 Å². The lowest BCUT2D eigenvalue weighted by Gasteiger charge is -2.16. The average molecular weight is 482 g/mol. The van der Waals surface area contributed by atoms with E-state index in [0.29, 0.717) is 35.5 Å². The Balaban J connectivity index is 1.41. The standard InChI is InChI=1S/C27H23N5O4/c33-25(28-21-6-4-9-24(17-21)30-15-5-10-26(30)34)16-20-18-31(22-7-2-1-3-8-22)29-27(20)19-11-13-23(14-12-19)32(35)36/h1-4,6-9,11-14,17-18H,5,10,15-16H2,(H,28,33). The lowest BCUT2D eigenvalue weighted by molar-refractivity contribution is -0.384. The first kappa shape index (κ1) is 23.0. The number of rotatable bonds is 7. The third-order valence-corrected chi connectivity index (χ3v) is 6.03. The van der Waals surface area contributed by atoms with Gasteiger partial charge in [-0.1, -0.05) is 24.3 Å². The van der Waals surface area contributed by atoms with Crippen LogP contribution >= 0.6 is 0 Å². The quantitative estimate of drug-likeness (QED) is 0.302. The van der Waals surface area contributed by atoms with Crippen molar-refractivity contribution in [3.05, 3.63) is 101 Å². The predicted octanol–water partition coefficient (Wildman–Crippen LogP) is 4.76. The molecule has 9 nitrogen and oxygen atoms in total. The minimum absolute atomic E-state index is 0.0168. The molecule has 9 heteroatoms. The van der Waals surface area contributed by atoms with Gasteiger partial charge in [-0.15, -0.1) is 0 Å². The van der Waals surface area contributed by atoms with Crippen molar-refractivity contribution in [3.63, 3.8) is 0 Å². The Morgan fingerprint density at radius 1 is 1.00 bits per heavy atom. The van der Waals surface area contributed by atoms with Crippen molar-refractivity contribution in [1.29, 1.82) is 0 Å². The lowest BCUT2D eigenvalue weighted by Crippen LogP contribution is -2.23. The van der Waals surface area contributed by atoms with Crippen LogP contribution in [0.25, 0.3) is 16.9 Å². The SMILES string of the molecule is O=C(Cc1cn(-c2ccccc2)nc1-c1ccc([N+](=O)[O-])cc1)Nc1cccc(N2CCCC2=O)c1. The normalized spacial score (nSPS) is 13.1. The van der Waals surface area contributed by atoms with Gasteiger partial charge in [0, 0.05) is 53.8 Å². The minimum Gasteiger partial charge on any atom is -0.326 e. The number of benzene rings is 3. The molecule has 5 rings (SSSR count). The topological polar surface area (TPSA) is 110 Å². The van der Waals surface area contributed by atoms with E-state index in [2.05, 4.69) is 10.4 Å². The van der Waals surface area contributed by atoms with Gasteiger partial charge in [-0.3, -0.25) is 19.7 Å². The van der Waals surface area contributed by atoms with Crippen LogP contribution in [0.1, 0.15) is 18.4 Å². The highest BCUT2D eigenvalue weighted by Gasteiger charge is 2.22. The number of carbonyl (C=O) groups excluding carboxylic acids is 2. The van der Waals surface area contributed by atoms with Gasteiger partial charge in [0.1, 0.15) is 0 Å². The van der Waals surface area contributed by atoms with Gasteiger partial charge < -0.3 is 10.2 Å². The van der Waals surface area contributed by atoms with Crippen molar-refractivity contribution < 1.29 is 14.5 Å². The summed E-state index contributed by atoms with van der Waals surface area (Å²) in [5, 5.41) is 18.7. The number of aromatic nitrogens is 2. The van der Waals surface area contributed by atoms with E-state index in [0.717, 1.165) is 17.8 Å². The number of hydrogen-bond acceptors (Lipinski definition) is 5. The Bertz CT molecular complexity index is 1430. The summed E-state index contributed by atoms with van der Waals surface area (Å²) in [4.78, 5) is 37.5. The molecule has 2 heterocycles. The molecule has 4 aromatic rings. The first-order valence-electron chi connectivity index (χ1n) is 11.6. The number of hydrogen-bond donors (Lipinski definition) is 1. The van der Waals surface area contributed by atoms with Crippen LogP contribution in [0.3, 0.4) is 0 Å². The highest BCUT2D eigenvalue weighted by atomic mass is 16.6. The van der Waals surface area contributed by atoms with Gasteiger partial charge in [0.25, 0.3) is 5.69 Å². The molecule has 2 amide bonds. The van der Waals surface area contributed by atoms with Gasteiger partial charge in [0.05, 0.1) is 22.7 Å². The highest BCUT2D eigenvalue weighted by Crippen LogP contribution is 2.27. The molecule has 0 unspecified atom stereocenters. The molecule has 1 aromatic heterocycles. The first-order valence-corrected chi connectivity index (χ1v) is 11.6. The number of carbonyl (C=O) groups is 2. The Labute approximate surface area is 207 Å². The van der Waals surface area contributed by atoms with Crippen molar-refractivity contribution >= 4 is 28.9 Å². The van der Waals surface area contributed by atoms with E-state index in [1.807, 2.05) is 42.5 Å². The number of nitro benzene ring substituents is 1. The van der Waals surface area contributed by atoms with Crippen LogP contribution in [-0.4, -0.2) is 33.1 Å². The fraction of sp³-hybridized carbons (Fsp3) is 0.148. The summed E-state index contributed by atoms with van der Waals surface area (Å²) in [6, 6.07) is 22.9. The maximum absolute atomic E-state index is 13.0. The number of non-ortho nitro benzene ring substituents is 1. The number of nitro groups is 1. The predicted molar refractivity (Wildman–Crippen MR) is 136 cm³/mol. The van der Waals surface area contributed by atoms with Crippen molar-refractivity contribution in [2.75, 3.05) is 16.8 Å². The fourth-order valence-electron chi connectivity index (χ4n) is 4.29. The molecular formula is C27H23N5O4.